The average molecular weight is 198 g/mol. The second-order valence-electron chi connectivity index (χ2n) is 2.61. The van der Waals surface area contributed by atoms with Crippen LogP contribution in [0.3, 0.4) is 0 Å². The van der Waals surface area contributed by atoms with Gasteiger partial charge in [0.25, 0.3) is 5.91 Å². The molecule has 0 fully saturated rings. The number of amides is 1. The third-order valence-electron chi connectivity index (χ3n) is 1.54. The van der Waals surface area contributed by atoms with E-state index in [1.807, 2.05) is 6.92 Å². The molecule has 0 unspecified atom stereocenters. The van der Waals surface area contributed by atoms with Crippen LogP contribution in [0.15, 0.2) is 10.6 Å². The van der Waals surface area contributed by atoms with E-state index in [0.717, 1.165) is 0 Å². The molecule has 1 aromatic heterocycles. The van der Waals surface area contributed by atoms with Crippen molar-refractivity contribution in [1.82, 2.24) is 10.5 Å². The lowest BCUT2D eigenvalue weighted by molar-refractivity contribution is -0.135. The van der Waals surface area contributed by atoms with Crippen molar-refractivity contribution in [3.8, 4) is 0 Å². The van der Waals surface area contributed by atoms with Crippen molar-refractivity contribution in [2.24, 2.45) is 0 Å². The van der Waals surface area contributed by atoms with Gasteiger partial charge >= 0.3 is 5.97 Å². The monoisotopic (exact) mass is 198 g/mol. The number of carboxylic acids is 1. The van der Waals surface area contributed by atoms with Crippen LogP contribution >= 0.6 is 0 Å². The Hall–Kier alpha value is -1.85. The fourth-order valence-corrected chi connectivity index (χ4v) is 0.833. The highest BCUT2D eigenvalue weighted by atomic mass is 16.5. The predicted octanol–water partition coefficient (Wildman–Crippen LogP) is 0.0514. The molecule has 0 radical (unpaired) electrons. The molecule has 0 saturated heterocycles. The van der Waals surface area contributed by atoms with E-state index in [0.29, 0.717) is 12.2 Å². The minimum Gasteiger partial charge on any atom is -0.480 e. The van der Waals surface area contributed by atoms with Crippen LogP contribution in [0, 0.1) is 0 Å². The molecule has 1 heterocycles. The second-order valence-corrected chi connectivity index (χ2v) is 2.61. The Morgan fingerprint density at radius 2 is 2.36 bits per heavy atom. The molecule has 0 atom stereocenters. The van der Waals surface area contributed by atoms with Crippen molar-refractivity contribution in [2.75, 3.05) is 6.54 Å². The van der Waals surface area contributed by atoms with Crippen LogP contribution in [0.5, 0.6) is 0 Å². The SMILES string of the molecule is CCc1cc(C(=O)NCC(=O)O)no1. The number of hydrogen-bond acceptors (Lipinski definition) is 4. The van der Waals surface area contributed by atoms with Crippen molar-refractivity contribution < 1.29 is 19.2 Å². The number of nitrogens with zero attached hydrogens (tertiary/aromatic N) is 1. The molecule has 76 valence electrons. The number of hydrogen-bond donors (Lipinski definition) is 2. The molecule has 6 nitrogen and oxygen atoms in total. The third-order valence-corrected chi connectivity index (χ3v) is 1.54. The van der Waals surface area contributed by atoms with Gasteiger partial charge in [-0.05, 0) is 0 Å². The summed E-state index contributed by atoms with van der Waals surface area (Å²) in [6.45, 7) is 1.44. The number of rotatable bonds is 4. The van der Waals surface area contributed by atoms with E-state index >= 15 is 0 Å². The van der Waals surface area contributed by atoms with E-state index in [9.17, 15) is 9.59 Å². The molecule has 0 aromatic carbocycles. The zero-order valence-electron chi connectivity index (χ0n) is 7.61. The highest BCUT2D eigenvalue weighted by Gasteiger charge is 2.11. The number of aryl methyl sites for hydroxylation is 1. The molecular weight excluding hydrogens is 188 g/mol. The lowest BCUT2D eigenvalue weighted by Gasteiger charge is -1.96. The zero-order valence-corrected chi connectivity index (χ0v) is 7.61. The van der Waals surface area contributed by atoms with Crippen LogP contribution < -0.4 is 5.32 Å². The van der Waals surface area contributed by atoms with E-state index in [-0.39, 0.29) is 5.69 Å². The second kappa shape index (κ2) is 4.40. The lowest BCUT2D eigenvalue weighted by atomic mass is 10.3. The first-order valence-electron chi connectivity index (χ1n) is 4.09. The maximum atomic E-state index is 11.2. The predicted molar refractivity (Wildman–Crippen MR) is 45.9 cm³/mol. The summed E-state index contributed by atoms with van der Waals surface area (Å²) in [5, 5.41) is 14.0. The third kappa shape index (κ3) is 2.58. The van der Waals surface area contributed by atoms with Crippen molar-refractivity contribution in [3.05, 3.63) is 17.5 Å². The highest BCUT2D eigenvalue weighted by molar-refractivity contribution is 5.93. The number of carbonyl (C=O) groups excluding carboxylic acids is 1. The summed E-state index contributed by atoms with van der Waals surface area (Å²) in [4.78, 5) is 21.3. The van der Waals surface area contributed by atoms with Gasteiger partial charge in [-0.25, -0.2) is 0 Å². The standard InChI is InChI=1S/C8H10N2O4/c1-2-5-3-6(10-14-5)8(13)9-4-7(11)12/h3H,2,4H2,1H3,(H,9,13)(H,11,12). The highest BCUT2D eigenvalue weighted by Crippen LogP contribution is 2.03. The van der Waals surface area contributed by atoms with Gasteiger partial charge in [-0.15, -0.1) is 0 Å². The molecule has 1 aromatic rings. The molecule has 1 rings (SSSR count). The summed E-state index contributed by atoms with van der Waals surface area (Å²) < 4.78 is 4.78. The maximum Gasteiger partial charge on any atom is 0.322 e. The Labute approximate surface area is 79.9 Å². The van der Waals surface area contributed by atoms with E-state index in [2.05, 4.69) is 10.5 Å². The summed E-state index contributed by atoms with van der Waals surface area (Å²) in [5.74, 6) is -1.06. The first-order valence-corrected chi connectivity index (χ1v) is 4.09. The first kappa shape index (κ1) is 10.2. The Bertz CT molecular complexity index is 345. The van der Waals surface area contributed by atoms with Crippen LogP contribution in [0.4, 0.5) is 0 Å². The number of carbonyl (C=O) groups is 2. The lowest BCUT2D eigenvalue weighted by Crippen LogP contribution is -2.29. The van der Waals surface area contributed by atoms with Gasteiger partial charge in [0.15, 0.2) is 5.69 Å². The molecule has 0 bridgehead atoms. The molecule has 0 aliphatic heterocycles. The Balaban J connectivity index is 2.56. The topological polar surface area (TPSA) is 92.4 Å². The van der Waals surface area contributed by atoms with E-state index in [1.165, 1.54) is 6.07 Å². The van der Waals surface area contributed by atoms with Crippen molar-refractivity contribution in [2.45, 2.75) is 13.3 Å². The summed E-state index contributed by atoms with van der Waals surface area (Å²) in [6, 6.07) is 1.48. The molecule has 2 N–H and O–H groups in total. The average Bonchev–Trinajstić information content (AvgIpc) is 2.62. The quantitative estimate of drug-likeness (QED) is 0.713. The minimum atomic E-state index is -1.10. The van der Waals surface area contributed by atoms with Gasteiger partial charge < -0.3 is 14.9 Å². The van der Waals surface area contributed by atoms with Gasteiger partial charge in [0.05, 0.1) is 0 Å². The largest absolute Gasteiger partial charge is 0.480 e. The van der Waals surface area contributed by atoms with Gasteiger partial charge in [-0.1, -0.05) is 12.1 Å². The van der Waals surface area contributed by atoms with Gasteiger partial charge in [0.1, 0.15) is 12.3 Å². The molecule has 0 spiro atoms. The number of aromatic nitrogens is 1. The van der Waals surface area contributed by atoms with Crippen LogP contribution in [0.25, 0.3) is 0 Å². The van der Waals surface area contributed by atoms with Crippen LogP contribution in [-0.4, -0.2) is 28.7 Å². The molecule has 14 heavy (non-hydrogen) atoms. The summed E-state index contributed by atoms with van der Waals surface area (Å²) in [5.41, 5.74) is 0.100. The van der Waals surface area contributed by atoms with Gasteiger partial charge in [-0.3, -0.25) is 9.59 Å². The minimum absolute atomic E-state index is 0.100. The van der Waals surface area contributed by atoms with E-state index in [4.69, 9.17) is 9.63 Å². The number of carboxylic acid groups (broad SMARTS) is 1. The zero-order chi connectivity index (χ0) is 10.6. The smallest absolute Gasteiger partial charge is 0.322 e. The Kier molecular flexibility index (Phi) is 3.22. The van der Waals surface area contributed by atoms with E-state index < -0.39 is 18.4 Å². The normalized spacial score (nSPS) is 9.79. The molecule has 6 heteroatoms. The van der Waals surface area contributed by atoms with E-state index in [1.54, 1.807) is 0 Å². The maximum absolute atomic E-state index is 11.2. The van der Waals surface area contributed by atoms with Crippen LogP contribution in [0.1, 0.15) is 23.2 Å². The molecular formula is C8H10N2O4. The summed E-state index contributed by atoms with van der Waals surface area (Å²) in [6.07, 6.45) is 0.638. The fourth-order valence-electron chi connectivity index (χ4n) is 0.833. The van der Waals surface area contributed by atoms with Crippen molar-refractivity contribution >= 4 is 11.9 Å². The van der Waals surface area contributed by atoms with Gasteiger partial charge in [0.2, 0.25) is 0 Å². The Morgan fingerprint density at radius 3 is 2.86 bits per heavy atom. The first-order chi connectivity index (χ1) is 6.63. The van der Waals surface area contributed by atoms with Gasteiger partial charge in [0, 0.05) is 12.5 Å². The van der Waals surface area contributed by atoms with Crippen LogP contribution in [0.2, 0.25) is 0 Å². The number of nitrogens with one attached hydrogen (secondary N) is 1. The molecule has 1 amide bonds. The molecule has 0 aliphatic rings. The van der Waals surface area contributed by atoms with Crippen molar-refractivity contribution in [1.29, 1.82) is 0 Å². The number of aliphatic carboxylic acids is 1. The molecule has 0 aliphatic carbocycles. The summed E-state index contributed by atoms with van der Waals surface area (Å²) in [7, 11) is 0. The Morgan fingerprint density at radius 1 is 1.64 bits per heavy atom. The van der Waals surface area contributed by atoms with Gasteiger partial charge in [-0.2, -0.15) is 0 Å². The fraction of sp³-hybridized carbons (Fsp3) is 0.375. The van der Waals surface area contributed by atoms with Crippen molar-refractivity contribution in [3.63, 3.8) is 0 Å². The summed E-state index contributed by atoms with van der Waals surface area (Å²) >= 11 is 0. The van der Waals surface area contributed by atoms with Crippen LogP contribution in [-0.2, 0) is 11.2 Å². The molecule has 0 saturated carbocycles.